The number of carbonyl (C=O) groups is 2. The molecule has 0 atom stereocenters. The molecule has 0 aliphatic carbocycles. The summed E-state index contributed by atoms with van der Waals surface area (Å²) in [6.07, 6.45) is 5.94. The Labute approximate surface area is 195 Å². The third kappa shape index (κ3) is 5.81. The van der Waals surface area contributed by atoms with Crippen molar-refractivity contribution in [3.05, 3.63) is 120 Å². The van der Waals surface area contributed by atoms with Gasteiger partial charge in [0.2, 0.25) is 11.8 Å². The molecule has 168 valence electrons. The monoisotopic (exact) mass is 454 g/mol. The second-order valence-electron chi connectivity index (χ2n) is 7.45. The summed E-state index contributed by atoms with van der Waals surface area (Å²) < 4.78 is 26.0. The molecule has 2 N–H and O–H groups in total. The molecule has 0 saturated carbocycles. The highest BCUT2D eigenvalue weighted by molar-refractivity contribution is 6.12. The van der Waals surface area contributed by atoms with Crippen molar-refractivity contribution in [2.24, 2.45) is 0 Å². The minimum atomic E-state index is -0.341. The van der Waals surface area contributed by atoms with Gasteiger partial charge >= 0.3 is 0 Å². The zero-order valence-electron chi connectivity index (χ0n) is 18.0. The fraction of sp³-hybridized carbons (Fsp3) is 0. The Morgan fingerprint density at radius 3 is 1.32 bits per heavy atom. The molecule has 0 spiro atoms. The van der Waals surface area contributed by atoms with Crippen molar-refractivity contribution in [1.82, 2.24) is 0 Å². The van der Waals surface area contributed by atoms with Crippen LogP contribution in [0, 0.1) is 11.6 Å². The normalized spacial score (nSPS) is 11.2. The van der Waals surface area contributed by atoms with Crippen molar-refractivity contribution in [2.45, 2.75) is 0 Å². The van der Waals surface area contributed by atoms with Gasteiger partial charge in [-0.15, -0.1) is 0 Å². The van der Waals surface area contributed by atoms with Crippen molar-refractivity contribution in [3.63, 3.8) is 0 Å². The van der Waals surface area contributed by atoms with Crippen LogP contribution in [-0.4, -0.2) is 11.8 Å². The van der Waals surface area contributed by atoms with E-state index >= 15 is 0 Å². The van der Waals surface area contributed by atoms with Gasteiger partial charge in [-0.25, -0.2) is 8.78 Å². The number of benzene rings is 4. The topological polar surface area (TPSA) is 58.2 Å². The van der Waals surface area contributed by atoms with E-state index in [1.54, 1.807) is 60.7 Å². The second-order valence-corrected chi connectivity index (χ2v) is 7.45. The number of hydrogen-bond acceptors (Lipinski definition) is 2. The highest BCUT2D eigenvalue weighted by Gasteiger charge is 2.08. The third-order valence-electron chi connectivity index (χ3n) is 5.03. The maximum atomic E-state index is 13.0. The lowest BCUT2D eigenvalue weighted by molar-refractivity contribution is -0.112. The van der Waals surface area contributed by atoms with Crippen LogP contribution in [0.2, 0.25) is 0 Å². The van der Waals surface area contributed by atoms with Crippen LogP contribution in [0.25, 0.3) is 22.9 Å². The minimum absolute atomic E-state index is 0.339. The van der Waals surface area contributed by atoms with E-state index in [0.29, 0.717) is 22.5 Å². The van der Waals surface area contributed by atoms with Gasteiger partial charge in [-0.2, -0.15) is 0 Å². The van der Waals surface area contributed by atoms with Crippen LogP contribution in [0.5, 0.6) is 0 Å². The highest BCUT2D eigenvalue weighted by Crippen LogP contribution is 2.29. The molecule has 0 bridgehead atoms. The molecule has 0 fully saturated rings. The lowest BCUT2D eigenvalue weighted by Gasteiger charge is -2.11. The summed E-state index contributed by atoms with van der Waals surface area (Å²) in [7, 11) is 0. The Morgan fingerprint density at radius 1 is 0.559 bits per heavy atom. The molecule has 4 rings (SSSR count). The smallest absolute Gasteiger partial charge is 0.248 e. The maximum Gasteiger partial charge on any atom is 0.248 e. The fourth-order valence-corrected chi connectivity index (χ4v) is 3.37. The van der Waals surface area contributed by atoms with Crippen molar-refractivity contribution in [2.75, 3.05) is 10.6 Å². The first kappa shape index (κ1) is 22.6. The average molecular weight is 454 g/mol. The fourth-order valence-electron chi connectivity index (χ4n) is 3.37. The van der Waals surface area contributed by atoms with Crippen LogP contribution in [0.15, 0.2) is 97.1 Å². The van der Waals surface area contributed by atoms with E-state index in [9.17, 15) is 18.4 Å². The Bertz CT molecular complexity index is 1280. The quantitative estimate of drug-likeness (QED) is 0.330. The van der Waals surface area contributed by atoms with Gasteiger partial charge in [0, 0.05) is 34.3 Å². The van der Waals surface area contributed by atoms with Gasteiger partial charge in [0.15, 0.2) is 0 Å². The summed E-state index contributed by atoms with van der Waals surface area (Å²) >= 11 is 0. The Kier molecular flexibility index (Phi) is 6.89. The molecule has 34 heavy (non-hydrogen) atoms. The van der Waals surface area contributed by atoms with Crippen LogP contribution in [-0.2, 0) is 9.59 Å². The van der Waals surface area contributed by atoms with Crippen molar-refractivity contribution in [3.8, 4) is 0 Å². The molecule has 0 radical (unpaired) electrons. The highest BCUT2D eigenvalue weighted by atomic mass is 19.1. The summed E-state index contributed by atoms with van der Waals surface area (Å²) in [5, 5.41) is 7.19. The SMILES string of the molecule is O=C(C=Cc1ccc(F)cc1)Nc1cccc2c(NC(=O)C=Cc3ccc(F)cc3)cccc12. The molecule has 0 aliphatic heterocycles. The van der Waals surface area contributed by atoms with Gasteiger partial charge in [-0.3, -0.25) is 9.59 Å². The van der Waals surface area contributed by atoms with Crippen LogP contribution in [0.1, 0.15) is 11.1 Å². The molecule has 0 unspecified atom stereocenters. The molecule has 0 aromatic heterocycles. The van der Waals surface area contributed by atoms with Crippen LogP contribution < -0.4 is 10.6 Å². The minimum Gasteiger partial charge on any atom is -0.322 e. The summed E-state index contributed by atoms with van der Waals surface area (Å²) in [6.45, 7) is 0. The van der Waals surface area contributed by atoms with Crippen LogP contribution in [0.4, 0.5) is 20.2 Å². The average Bonchev–Trinajstić information content (AvgIpc) is 2.84. The van der Waals surface area contributed by atoms with Crippen LogP contribution >= 0.6 is 0 Å². The number of rotatable bonds is 6. The van der Waals surface area contributed by atoms with E-state index in [2.05, 4.69) is 10.6 Å². The predicted octanol–water partition coefficient (Wildman–Crippen LogP) is 6.42. The number of carbonyl (C=O) groups excluding carboxylic acids is 2. The first-order valence-electron chi connectivity index (χ1n) is 10.5. The largest absolute Gasteiger partial charge is 0.322 e. The van der Waals surface area contributed by atoms with E-state index in [-0.39, 0.29) is 23.4 Å². The molecule has 4 nitrogen and oxygen atoms in total. The van der Waals surface area contributed by atoms with Crippen molar-refractivity contribution >= 4 is 46.1 Å². The molecule has 0 heterocycles. The molecule has 0 saturated heterocycles. The number of amides is 2. The molecule has 4 aromatic carbocycles. The summed E-state index contributed by atoms with van der Waals surface area (Å²) in [5.41, 5.74) is 2.58. The number of anilines is 2. The molecular formula is C28H20F2N2O2. The first-order valence-corrected chi connectivity index (χ1v) is 10.5. The lowest BCUT2D eigenvalue weighted by Crippen LogP contribution is -2.10. The van der Waals surface area contributed by atoms with E-state index in [0.717, 1.165) is 10.8 Å². The summed E-state index contributed by atoms with van der Waals surface area (Å²) in [6, 6.07) is 22.4. The molecule has 0 aliphatic rings. The van der Waals surface area contributed by atoms with Gasteiger partial charge in [-0.1, -0.05) is 48.5 Å². The second kappa shape index (κ2) is 10.4. The summed E-state index contributed by atoms with van der Waals surface area (Å²) in [5.74, 6) is -1.36. The standard InChI is InChI=1S/C28H20F2N2O2/c29-21-13-7-19(8-14-21)11-17-27(33)31-25-5-1-3-23-24(25)4-2-6-26(23)32-28(34)18-12-20-9-15-22(30)16-10-20/h1-18H,(H,31,33)(H,32,34). The van der Waals surface area contributed by atoms with Gasteiger partial charge in [0.05, 0.1) is 0 Å². The zero-order chi connectivity index (χ0) is 23.9. The van der Waals surface area contributed by atoms with E-state index in [1.807, 2.05) is 12.1 Å². The Balaban J connectivity index is 1.49. The van der Waals surface area contributed by atoms with Gasteiger partial charge in [0.1, 0.15) is 11.6 Å². The molecule has 6 heteroatoms. The number of hydrogen-bond donors (Lipinski definition) is 2. The van der Waals surface area contributed by atoms with Gasteiger partial charge in [-0.05, 0) is 59.7 Å². The lowest BCUT2D eigenvalue weighted by atomic mass is 10.1. The molecular weight excluding hydrogens is 434 g/mol. The predicted molar refractivity (Wildman–Crippen MR) is 132 cm³/mol. The van der Waals surface area contributed by atoms with E-state index < -0.39 is 0 Å². The summed E-state index contributed by atoms with van der Waals surface area (Å²) in [4.78, 5) is 24.9. The Morgan fingerprint density at radius 2 is 0.941 bits per heavy atom. The molecule has 4 aromatic rings. The van der Waals surface area contributed by atoms with Crippen molar-refractivity contribution in [1.29, 1.82) is 0 Å². The van der Waals surface area contributed by atoms with Gasteiger partial charge < -0.3 is 10.6 Å². The zero-order valence-corrected chi connectivity index (χ0v) is 18.0. The maximum absolute atomic E-state index is 13.0. The van der Waals surface area contributed by atoms with E-state index in [4.69, 9.17) is 0 Å². The Hall–Kier alpha value is -4.58. The van der Waals surface area contributed by atoms with Crippen LogP contribution in [0.3, 0.4) is 0 Å². The molecule has 2 amide bonds. The van der Waals surface area contributed by atoms with E-state index in [1.165, 1.54) is 36.4 Å². The first-order chi connectivity index (χ1) is 16.5. The van der Waals surface area contributed by atoms with Gasteiger partial charge in [0.25, 0.3) is 0 Å². The third-order valence-corrected chi connectivity index (χ3v) is 5.03. The van der Waals surface area contributed by atoms with Crippen molar-refractivity contribution < 1.29 is 18.4 Å². The number of nitrogens with one attached hydrogen (secondary N) is 2. The number of fused-ring (bicyclic) bond motifs is 1. The number of halogens is 2.